The summed E-state index contributed by atoms with van der Waals surface area (Å²) in [7, 11) is 0. The number of aliphatic imine (C=N–C) groups is 1. The van der Waals surface area contributed by atoms with Gasteiger partial charge in [0.1, 0.15) is 12.3 Å². The Hall–Kier alpha value is -1.16. The molecule has 0 spiro atoms. The van der Waals surface area contributed by atoms with Gasteiger partial charge in [0, 0.05) is 18.8 Å². The first kappa shape index (κ1) is 22.8. The van der Waals surface area contributed by atoms with E-state index in [0.717, 1.165) is 31.7 Å². The minimum absolute atomic E-state index is 0. The minimum Gasteiger partial charge on any atom is -0.508 e. The Morgan fingerprint density at radius 1 is 1.21 bits per heavy atom. The van der Waals surface area contributed by atoms with E-state index in [1.54, 1.807) is 12.1 Å². The molecule has 4 N–H and O–H groups in total. The molecule has 0 aliphatic heterocycles. The molecule has 0 saturated heterocycles. The van der Waals surface area contributed by atoms with Crippen LogP contribution in [0.25, 0.3) is 0 Å². The highest BCUT2D eigenvalue weighted by Gasteiger charge is 2.03. The van der Waals surface area contributed by atoms with Crippen molar-refractivity contribution in [2.24, 2.45) is 4.99 Å². The third kappa shape index (κ3) is 10.6. The maximum absolute atomic E-state index is 11.9. The fourth-order valence-electron chi connectivity index (χ4n) is 1.82. The summed E-state index contributed by atoms with van der Waals surface area (Å²) < 4.78 is 0. The molecule has 0 unspecified atom stereocenters. The highest BCUT2D eigenvalue weighted by atomic mass is 127. The maximum atomic E-state index is 11.9. The van der Waals surface area contributed by atoms with Gasteiger partial charge < -0.3 is 21.1 Å². The lowest BCUT2D eigenvalue weighted by atomic mass is 10.3. The van der Waals surface area contributed by atoms with E-state index in [9.17, 15) is 9.90 Å². The first-order valence-corrected chi connectivity index (χ1v) is 9.15. The van der Waals surface area contributed by atoms with Crippen LogP contribution in [0.15, 0.2) is 29.3 Å². The number of nitrogens with one attached hydrogen (secondary N) is 3. The van der Waals surface area contributed by atoms with Gasteiger partial charge >= 0.3 is 0 Å². The number of carbonyl (C=O) groups excluding carboxylic acids is 1. The molecule has 6 nitrogen and oxygen atoms in total. The van der Waals surface area contributed by atoms with Gasteiger partial charge in [0.2, 0.25) is 5.91 Å². The molecule has 24 heavy (non-hydrogen) atoms. The monoisotopic (exact) mass is 466 g/mol. The molecule has 1 amide bonds. The van der Waals surface area contributed by atoms with E-state index in [-0.39, 0.29) is 42.2 Å². The van der Waals surface area contributed by atoms with Gasteiger partial charge in [-0.25, -0.2) is 4.99 Å². The number of guanidine groups is 1. The maximum Gasteiger partial charge on any atom is 0.246 e. The van der Waals surface area contributed by atoms with Gasteiger partial charge in [0.15, 0.2) is 5.96 Å². The summed E-state index contributed by atoms with van der Waals surface area (Å²) in [6.45, 7) is 3.62. The number of phenolic OH excluding ortho intramolecular Hbond substituents is 1. The molecule has 8 heteroatoms. The molecule has 0 fully saturated rings. The van der Waals surface area contributed by atoms with E-state index >= 15 is 0 Å². The first-order valence-electron chi connectivity index (χ1n) is 7.75. The molecule has 0 bridgehead atoms. The zero-order valence-corrected chi connectivity index (χ0v) is 17.3. The molecule has 1 aromatic rings. The van der Waals surface area contributed by atoms with E-state index in [1.165, 1.54) is 12.1 Å². The van der Waals surface area contributed by atoms with Crippen molar-refractivity contribution in [2.75, 3.05) is 37.0 Å². The van der Waals surface area contributed by atoms with Gasteiger partial charge in [-0.15, -0.1) is 24.0 Å². The molecular weight excluding hydrogens is 439 g/mol. The standard InChI is InChI=1S/C16H26N4O2S.HI/c1-3-17-16(18-10-4-5-11-23-2)19-12-15(22)20-13-6-8-14(21)9-7-13;/h6-9,21H,3-5,10-12H2,1-2H3,(H,20,22)(H2,17,18,19);1H. The van der Waals surface area contributed by atoms with Gasteiger partial charge in [-0.1, -0.05) is 0 Å². The van der Waals surface area contributed by atoms with Crippen LogP contribution in [0.1, 0.15) is 19.8 Å². The number of halogens is 1. The van der Waals surface area contributed by atoms with Crippen molar-refractivity contribution in [1.29, 1.82) is 0 Å². The van der Waals surface area contributed by atoms with Gasteiger partial charge in [-0.05, 0) is 56.0 Å². The molecular formula is C16H27IN4O2S. The number of rotatable bonds is 9. The average Bonchev–Trinajstić information content (AvgIpc) is 2.54. The average molecular weight is 466 g/mol. The van der Waals surface area contributed by atoms with Crippen molar-refractivity contribution in [3.63, 3.8) is 0 Å². The summed E-state index contributed by atoms with van der Waals surface area (Å²) in [6, 6.07) is 6.34. The van der Waals surface area contributed by atoms with Crippen LogP contribution in [-0.2, 0) is 4.79 Å². The number of nitrogens with zero attached hydrogens (tertiary/aromatic N) is 1. The van der Waals surface area contributed by atoms with Gasteiger partial charge in [-0.3, -0.25) is 4.79 Å². The Labute approximate surface area is 165 Å². The molecule has 0 aliphatic rings. The van der Waals surface area contributed by atoms with Crippen molar-refractivity contribution >= 4 is 53.3 Å². The Kier molecular flexibility index (Phi) is 13.5. The number of amides is 1. The van der Waals surface area contributed by atoms with E-state index in [1.807, 2.05) is 18.7 Å². The number of phenols is 1. The highest BCUT2D eigenvalue weighted by Crippen LogP contribution is 2.13. The molecule has 0 saturated carbocycles. The Balaban J connectivity index is 0.00000529. The topological polar surface area (TPSA) is 85.8 Å². The summed E-state index contributed by atoms with van der Waals surface area (Å²) in [5.41, 5.74) is 0.637. The highest BCUT2D eigenvalue weighted by molar-refractivity contribution is 14.0. The summed E-state index contributed by atoms with van der Waals surface area (Å²) >= 11 is 1.84. The van der Waals surface area contributed by atoms with Crippen LogP contribution in [0.2, 0.25) is 0 Å². The second-order valence-electron chi connectivity index (χ2n) is 4.92. The van der Waals surface area contributed by atoms with Crippen LogP contribution in [0.5, 0.6) is 5.75 Å². The smallest absolute Gasteiger partial charge is 0.246 e. The third-order valence-electron chi connectivity index (χ3n) is 2.94. The number of benzene rings is 1. The molecule has 136 valence electrons. The second-order valence-corrected chi connectivity index (χ2v) is 5.90. The van der Waals surface area contributed by atoms with Gasteiger partial charge in [0.05, 0.1) is 0 Å². The normalized spacial score (nSPS) is 10.7. The number of thioether (sulfide) groups is 1. The van der Waals surface area contributed by atoms with Crippen LogP contribution in [0, 0.1) is 0 Å². The summed E-state index contributed by atoms with van der Waals surface area (Å²) in [5, 5.41) is 18.3. The number of unbranched alkanes of at least 4 members (excludes halogenated alkanes) is 1. The van der Waals surface area contributed by atoms with Crippen LogP contribution in [0.4, 0.5) is 5.69 Å². The minimum atomic E-state index is -0.199. The molecule has 0 heterocycles. The number of hydrogen-bond acceptors (Lipinski definition) is 4. The van der Waals surface area contributed by atoms with Crippen LogP contribution in [0.3, 0.4) is 0 Å². The van der Waals surface area contributed by atoms with Crippen molar-refractivity contribution < 1.29 is 9.90 Å². The van der Waals surface area contributed by atoms with Crippen molar-refractivity contribution in [2.45, 2.75) is 19.8 Å². The lowest BCUT2D eigenvalue weighted by Gasteiger charge is -2.11. The van der Waals surface area contributed by atoms with Gasteiger partial charge in [-0.2, -0.15) is 11.8 Å². The molecule has 1 rings (SSSR count). The Bertz CT molecular complexity index is 497. The van der Waals surface area contributed by atoms with E-state index in [0.29, 0.717) is 11.6 Å². The molecule has 0 aromatic heterocycles. The molecule has 0 aliphatic carbocycles. The number of aromatic hydroxyl groups is 1. The number of carbonyl (C=O) groups is 1. The predicted molar refractivity (Wildman–Crippen MR) is 114 cm³/mol. The lowest BCUT2D eigenvalue weighted by molar-refractivity contribution is -0.114. The van der Waals surface area contributed by atoms with Crippen LogP contribution in [-0.4, -0.2) is 48.6 Å². The lowest BCUT2D eigenvalue weighted by Crippen LogP contribution is -2.38. The fourth-order valence-corrected chi connectivity index (χ4v) is 2.31. The predicted octanol–water partition coefficient (Wildman–Crippen LogP) is 2.65. The summed E-state index contributed by atoms with van der Waals surface area (Å²) in [4.78, 5) is 16.2. The third-order valence-corrected chi connectivity index (χ3v) is 3.64. The Morgan fingerprint density at radius 2 is 1.92 bits per heavy atom. The zero-order chi connectivity index (χ0) is 16.9. The van der Waals surface area contributed by atoms with Crippen LogP contribution < -0.4 is 16.0 Å². The Morgan fingerprint density at radius 3 is 2.54 bits per heavy atom. The fraction of sp³-hybridized carbons (Fsp3) is 0.500. The molecule has 1 aromatic carbocycles. The van der Waals surface area contributed by atoms with E-state index in [2.05, 4.69) is 27.2 Å². The van der Waals surface area contributed by atoms with E-state index in [4.69, 9.17) is 0 Å². The van der Waals surface area contributed by atoms with Gasteiger partial charge in [0.25, 0.3) is 0 Å². The number of hydrogen-bond donors (Lipinski definition) is 4. The van der Waals surface area contributed by atoms with Crippen molar-refractivity contribution in [1.82, 2.24) is 10.6 Å². The molecule has 0 atom stereocenters. The second kappa shape index (κ2) is 14.2. The first-order chi connectivity index (χ1) is 11.2. The SMILES string of the molecule is CCNC(=NCC(=O)Nc1ccc(O)cc1)NCCCCSC.I. The van der Waals surface area contributed by atoms with Crippen molar-refractivity contribution in [3.05, 3.63) is 24.3 Å². The van der Waals surface area contributed by atoms with Crippen LogP contribution >= 0.6 is 35.7 Å². The van der Waals surface area contributed by atoms with Crippen molar-refractivity contribution in [3.8, 4) is 5.75 Å². The van der Waals surface area contributed by atoms with E-state index < -0.39 is 0 Å². The summed E-state index contributed by atoms with van der Waals surface area (Å²) in [5.74, 6) is 1.78. The molecule has 0 radical (unpaired) electrons. The number of anilines is 1. The zero-order valence-electron chi connectivity index (χ0n) is 14.2. The quantitative estimate of drug-likeness (QED) is 0.148. The largest absolute Gasteiger partial charge is 0.508 e. The summed E-state index contributed by atoms with van der Waals surface area (Å²) in [6.07, 6.45) is 4.34.